The van der Waals surface area contributed by atoms with Crippen LogP contribution in [0.2, 0.25) is 5.02 Å². The number of primary amides is 1. The molecule has 55 heavy (non-hydrogen) atoms. The number of nitrogens with one attached hydrogen (secondary N) is 1. The molecule has 0 saturated carbocycles. The maximum atomic E-state index is 13.9. The lowest BCUT2D eigenvalue weighted by Gasteiger charge is -2.36. The van der Waals surface area contributed by atoms with Crippen LogP contribution < -0.4 is 15.8 Å². The van der Waals surface area contributed by atoms with Gasteiger partial charge in [0, 0.05) is 17.5 Å². The molecule has 0 aliphatic carbocycles. The second-order valence-electron chi connectivity index (χ2n) is 13.1. The number of ether oxygens (including phenoxy) is 3. The molecule has 12 heteroatoms. The molecule has 1 amide bonds. The Kier molecular flexibility index (Phi) is 11.8. The van der Waals surface area contributed by atoms with Crippen LogP contribution in [0.15, 0.2) is 139 Å². The number of rotatable bonds is 16. The first-order valence-electron chi connectivity index (χ1n) is 17.5. The van der Waals surface area contributed by atoms with Crippen molar-refractivity contribution in [2.45, 2.75) is 36.6 Å². The fourth-order valence-corrected chi connectivity index (χ4v) is 7.13. The predicted molar refractivity (Wildman–Crippen MR) is 201 cm³/mol. The van der Waals surface area contributed by atoms with E-state index in [1.807, 2.05) is 91.0 Å². The van der Waals surface area contributed by atoms with E-state index in [-0.39, 0.29) is 35.8 Å². The van der Waals surface area contributed by atoms with Crippen LogP contribution in [0.1, 0.15) is 50.2 Å². The molecule has 0 aromatic heterocycles. The molecule has 0 radical (unpaired) electrons. The summed E-state index contributed by atoms with van der Waals surface area (Å²) in [5.41, 5.74) is 7.35. The van der Waals surface area contributed by atoms with Crippen molar-refractivity contribution in [3.8, 4) is 5.75 Å². The van der Waals surface area contributed by atoms with Gasteiger partial charge in [-0.1, -0.05) is 115 Å². The summed E-state index contributed by atoms with van der Waals surface area (Å²) in [6.07, 6.45) is -2.83. The minimum absolute atomic E-state index is 0.117. The highest BCUT2D eigenvalue weighted by Crippen LogP contribution is 2.44. The molecule has 1 unspecified atom stereocenters. The fraction of sp³-hybridized carbons (Fsp3) is 0.209. The number of hydrogen-bond donors (Lipinski definition) is 3. The van der Waals surface area contributed by atoms with E-state index in [2.05, 4.69) is 5.32 Å². The second kappa shape index (κ2) is 16.7. The number of carboxylic acid groups (broad SMARTS) is 1. The zero-order chi connectivity index (χ0) is 39.1. The van der Waals surface area contributed by atoms with Gasteiger partial charge < -0.3 is 30.4 Å². The largest absolute Gasteiger partial charge is 0.493 e. The number of aliphatic carboxylic acids is 1. The number of benzene rings is 5. The highest BCUT2D eigenvalue weighted by Gasteiger charge is 2.46. The van der Waals surface area contributed by atoms with Crippen molar-refractivity contribution in [1.82, 2.24) is 5.32 Å². The molecular formula is C43H38ClF3N2O6. The number of carbonyl (C=O) groups is 2. The van der Waals surface area contributed by atoms with E-state index in [1.54, 1.807) is 12.1 Å². The summed E-state index contributed by atoms with van der Waals surface area (Å²) in [6.45, 7) is 0.906. The number of carbonyl (C=O) groups excluding carboxylic acids is 1. The molecule has 5 aromatic carbocycles. The summed E-state index contributed by atoms with van der Waals surface area (Å²) < 4.78 is 59.9. The lowest BCUT2D eigenvalue weighted by molar-refractivity contribution is -0.168. The van der Waals surface area contributed by atoms with Crippen LogP contribution in [-0.4, -0.2) is 36.7 Å². The first-order valence-corrected chi connectivity index (χ1v) is 17.9. The minimum atomic E-state index is -4.61. The van der Waals surface area contributed by atoms with Crippen LogP contribution in [0.25, 0.3) is 0 Å². The lowest BCUT2D eigenvalue weighted by Crippen LogP contribution is -2.42. The van der Waals surface area contributed by atoms with Gasteiger partial charge in [0.05, 0.1) is 29.2 Å². The standard InChI is InChI=1S/C43H38ClF3N2O6/c44-38-31(14-10-19-35(38)43(45,46)47)26-41(32-15-6-2-7-16-32,33-17-8-3-9-18-33)28-49-22-11-23-53-36-24-30(39(48)50)20-21-34(36)42(25-29-12-4-1-5-13-29)54-27-37(55-42)40(51)52/h1-10,12-21,24,27,49H,11,22-23,25-26,28H2,(H2,48,50)(H,51,52). The molecule has 6 rings (SSSR count). The van der Waals surface area contributed by atoms with Crippen LogP contribution in [0.4, 0.5) is 13.2 Å². The van der Waals surface area contributed by atoms with Gasteiger partial charge in [-0.05, 0) is 65.9 Å². The van der Waals surface area contributed by atoms with Crippen LogP contribution >= 0.6 is 11.6 Å². The van der Waals surface area contributed by atoms with Crippen molar-refractivity contribution in [3.63, 3.8) is 0 Å². The summed E-state index contributed by atoms with van der Waals surface area (Å²) in [4.78, 5) is 24.1. The van der Waals surface area contributed by atoms with Crippen LogP contribution in [-0.2, 0) is 44.5 Å². The average molecular weight is 771 g/mol. The molecule has 1 atom stereocenters. The van der Waals surface area contributed by atoms with E-state index in [9.17, 15) is 27.9 Å². The van der Waals surface area contributed by atoms with Gasteiger partial charge in [-0.3, -0.25) is 4.79 Å². The Morgan fingerprint density at radius 2 is 1.49 bits per heavy atom. The van der Waals surface area contributed by atoms with E-state index in [0.29, 0.717) is 30.6 Å². The van der Waals surface area contributed by atoms with Gasteiger partial charge in [0.25, 0.3) is 5.79 Å². The van der Waals surface area contributed by atoms with Crippen molar-refractivity contribution < 1.29 is 42.1 Å². The number of nitrogens with two attached hydrogens (primary N) is 1. The molecule has 0 bridgehead atoms. The fourth-order valence-electron chi connectivity index (χ4n) is 6.83. The smallest absolute Gasteiger partial charge is 0.417 e. The Hall–Kier alpha value is -5.78. The van der Waals surface area contributed by atoms with Crippen LogP contribution in [0.5, 0.6) is 5.75 Å². The molecule has 1 aliphatic heterocycles. The van der Waals surface area contributed by atoms with E-state index in [4.69, 9.17) is 31.5 Å². The van der Waals surface area contributed by atoms with E-state index < -0.39 is 40.6 Å². The van der Waals surface area contributed by atoms with Gasteiger partial charge in [0.1, 0.15) is 12.0 Å². The number of halogens is 4. The number of hydrogen-bond acceptors (Lipinski definition) is 6. The molecule has 5 aromatic rings. The van der Waals surface area contributed by atoms with Crippen molar-refractivity contribution >= 4 is 23.5 Å². The zero-order valence-corrected chi connectivity index (χ0v) is 30.3. The SMILES string of the molecule is NC(=O)c1ccc(C2(Cc3ccccc3)OC=C(C(=O)O)O2)c(OCCCNCC(Cc2cccc(C(F)(F)F)c2Cl)(c2ccccc2)c2ccccc2)c1. The molecule has 0 fully saturated rings. The van der Waals surface area contributed by atoms with Crippen molar-refractivity contribution in [3.05, 3.63) is 183 Å². The molecule has 8 nitrogen and oxygen atoms in total. The Morgan fingerprint density at radius 1 is 0.855 bits per heavy atom. The Balaban J connectivity index is 1.24. The van der Waals surface area contributed by atoms with E-state index >= 15 is 0 Å². The Bertz CT molecular complexity index is 2110. The molecule has 1 heterocycles. The second-order valence-corrected chi connectivity index (χ2v) is 13.5. The first kappa shape index (κ1) is 38.9. The third-order valence-corrected chi connectivity index (χ3v) is 9.96. The van der Waals surface area contributed by atoms with Crippen molar-refractivity contribution in [1.29, 1.82) is 0 Å². The molecule has 0 spiro atoms. The first-order chi connectivity index (χ1) is 26.4. The Labute approximate surface area is 321 Å². The average Bonchev–Trinajstić information content (AvgIpc) is 3.62. The third-order valence-electron chi connectivity index (χ3n) is 9.51. The zero-order valence-electron chi connectivity index (χ0n) is 29.5. The molecule has 4 N–H and O–H groups in total. The quantitative estimate of drug-likeness (QED) is 0.0863. The summed E-state index contributed by atoms with van der Waals surface area (Å²) in [5, 5.41) is 12.9. The van der Waals surface area contributed by atoms with Gasteiger partial charge in [-0.15, -0.1) is 0 Å². The van der Waals surface area contributed by atoms with Gasteiger partial charge in [0.15, 0.2) is 0 Å². The maximum absolute atomic E-state index is 13.9. The topological polar surface area (TPSA) is 120 Å². The van der Waals surface area contributed by atoms with Gasteiger partial charge in [0.2, 0.25) is 11.7 Å². The van der Waals surface area contributed by atoms with Gasteiger partial charge in [-0.2, -0.15) is 13.2 Å². The van der Waals surface area contributed by atoms with Crippen LogP contribution in [0, 0.1) is 0 Å². The van der Waals surface area contributed by atoms with Crippen LogP contribution in [0.3, 0.4) is 0 Å². The van der Waals surface area contributed by atoms with Gasteiger partial charge >= 0.3 is 12.1 Å². The monoisotopic (exact) mass is 770 g/mol. The highest BCUT2D eigenvalue weighted by molar-refractivity contribution is 6.32. The third kappa shape index (κ3) is 8.80. The molecule has 284 valence electrons. The maximum Gasteiger partial charge on any atom is 0.417 e. The number of amides is 1. The number of alkyl halides is 3. The predicted octanol–water partition coefficient (Wildman–Crippen LogP) is 8.41. The highest BCUT2D eigenvalue weighted by atomic mass is 35.5. The minimum Gasteiger partial charge on any atom is -0.493 e. The summed E-state index contributed by atoms with van der Waals surface area (Å²) in [6, 6.07) is 36.9. The normalized spacial score (nSPS) is 15.5. The van der Waals surface area contributed by atoms with Crippen molar-refractivity contribution in [2.75, 3.05) is 19.7 Å². The van der Waals surface area contributed by atoms with Crippen molar-refractivity contribution in [2.24, 2.45) is 5.73 Å². The molecule has 0 saturated heterocycles. The Morgan fingerprint density at radius 3 is 2.07 bits per heavy atom. The summed E-state index contributed by atoms with van der Waals surface area (Å²) >= 11 is 6.47. The summed E-state index contributed by atoms with van der Waals surface area (Å²) in [7, 11) is 0. The lowest BCUT2D eigenvalue weighted by atomic mass is 9.70. The van der Waals surface area contributed by atoms with E-state index in [0.717, 1.165) is 29.0 Å². The molecular weight excluding hydrogens is 733 g/mol. The number of carboxylic acids is 1. The summed E-state index contributed by atoms with van der Waals surface area (Å²) in [5.74, 6) is -3.79. The molecule has 1 aliphatic rings. The van der Waals surface area contributed by atoms with Gasteiger partial charge in [-0.25, -0.2) is 4.79 Å². The van der Waals surface area contributed by atoms with E-state index in [1.165, 1.54) is 18.2 Å².